The van der Waals surface area contributed by atoms with Gasteiger partial charge in [0.2, 0.25) is 0 Å². The molecule has 4 nitrogen and oxygen atoms in total. The van der Waals surface area contributed by atoms with Gasteiger partial charge in [0.05, 0.1) is 23.8 Å². The van der Waals surface area contributed by atoms with Crippen molar-refractivity contribution < 1.29 is 35.9 Å². The van der Waals surface area contributed by atoms with Crippen molar-refractivity contribution in [3.8, 4) is 0 Å². The number of ether oxygens (including phenoxy) is 1. The molecule has 196 valence electrons. The van der Waals surface area contributed by atoms with E-state index in [0.717, 1.165) is 24.0 Å². The second-order valence-electron chi connectivity index (χ2n) is 9.44. The fourth-order valence-electron chi connectivity index (χ4n) is 5.02. The van der Waals surface area contributed by atoms with Crippen LogP contribution in [0.4, 0.5) is 31.1 Å². The standard InChI is InChI=1S/C26H28F6N2O2/c1-17-6-2-3-7-21(17)22-15-34(24(35)33-9-4-5-10-33)11-8-23(22)36-16-18-12-19(25(27,28)29)14-20(13-18)26(30,31)32/h2-3,6-7,12-14,22-23H,4-5,8-11,15-16H2,1H3/t22-,23-/m0/s1. The van der Waals surface area contributed by atoms with Crippen LogP contribution in [0, 0.1) is 6.92 Å². The van der Waals surface area contributed by atoms with E-state index in [-0.39, 0.29) is 23.6 Å². The third kappa shape index (κ3) is 5.96. The third-order valence-electron chi connectivity index (χ3n) is 6.90. The molecule has 2 aromatic rings. The third-order valence-corrected chi connectivity index (χ3v) is 6.90. The summed E-state index contributed by atoms with van der Waals surface area (Å²) in [7, 11) is 0. The molecule has 0 bridgehead atoms. The van der Waals surface area contributed by atoms with Crippen LogP contribution in [0.1, 0.15) is 53.0 Å². The van der Waals surface area contributed by atoms with E-state index in [4.69, 9.17) is 4.74 Å². The first-order valence-electron chi connectivity index (χ1n) is 11.9. The molecule has 0 spiro atoms. The summed E-state index contributed by atoms with van der Waals surface area (Å²) in [5.41, 5.74) is -1.00. The lowest BCUT2D eigenvalue weighted by Crippen LogP contribution is -2.50. The first kappa shape index (κ1) is 26.3. The van der Waals surface area contributed by atoms with Gasteiger partial charge in [-0.2, -0.15) is 26.3 Å². The number of benzene rings is 2. The summed E-state index contributed by atoms with van der Waals surface area (Å²) in [6.45, 7) is 3.71. The van der Waals surface area contributed by atoms with Crippen LogP contribution in [0.5, 0.6) is 0 Å². The van der Waals surface area contributed by atoms with Crippen molar-refractivity contribution in [2.75, 3.05) is 26.2 Å². The quantitative estimate of drug-likeness (QED) is 0.430. The molecule has 36 heavy (non-hydrogen) atoms. The first-order chi connectivity index (χ1) is 16.9. The second-order valence-corrected chi connectivity index (χ2v) is 9.44. The molecule has 10 heteroatoms. The number of likely N-dealkylation sites (tertiary alicyclic amines) is 2. The second kappa shape index (κ2) is 10.3. The van der Waals surface area contributed by atoms with E-state index in [1.165, 1.54) is 0 Å². The Morgan fingerprint density at radius 3 is 2.11 bits per heavy atom. The molecule has 2 atom stereocenters. The van der Waals surface area contributed by atoms with Gasteiger partial charge in [-0.1, -0.05) is 24.3 Å². The van der Waals surface area contributed by atoms with Crippen LogP contribution in [-0.2, 0) is 23.7 Å². The van der Waals surface area contributed by atoms with Crippen LogP contribution in [0.15, 0.2) is 42.5 Å². The number of rotatable bonds is 4. The fourth-order valence-corrected chi connectivity index (χ4v) is 5.02. The highest BCUT2D eigenvalue weighted by Gasteiger charge is 2.38. The number of hydrogen-bond donors (Lipinski definition) is 0. The number of halogens is 6. The molecule has 2 heterocycles. The van der Waals surface area contributed by atoms with Gasteiger partial charge in [0.25, 0.3) is 0 Å². The lowest BCUT2D eigenvalue weighted by molar-refractivity contribution is -0.143. The maximum Gasteiger partial charge on any atom is 0.416 e. The Kier molecular flexibility index (Phi) is 7.54. The van der Waals surface area contributed by atoms with Gasteiger partial charge in [-0.25, -0.2) is 4.79 Å². The average molecular weight is 515 g/mol. The fraction of sp³-hybridized carbons (Fsp3) is 0.500. The van der Waals surface area contributed by atoms with Crippen LogP contribution in [0.2, 0.25) is 0 Å². The van der Waals surface area contributed by atoms with Gasteiger partial charge >= 0.3 is 18.4 Å². The number of urea groups is 1. The molecule has 2 aliphatic heterocycles. The lowest BCUT2D eigenvalue weighted by Gasteiger charge is -2.40. The molecule has 2 aromatic carbocycles. The van der Waals surface area contributed by atoms with Crippen molar-refractivity contribution in [2.24, 2.45) is 0 Å². The minimum absolute atomic E-state index is 0.0442. The largest absolute Gasteiger partial charge is 0.416 e. The van der Waals surface area contributed by atoms with Crippen molar-refractivity contribution in [2.45, 2.75) is 57.2 Å². The molecule has 0 saturated carbocycles. The summed E-state index contributed by atoms with van der Waals surface area (Å²) < 4.78 is 85.5. The average Bonchev–Trinajstić information content (AvgIpc) is 3.36. The number of nitrogens with zero attached hydrogens (tertiary/aromatic N) is 2. The molecule has 4 rings (SSSR count). The summed E-state index contributed by atoms with van der Waals surface area (Å²) >= 11 is 0. The van der Waals surface area contributed by atoms with Crippen LogP contribution in [-0.4, -0.2) is 48.1 Å². The maximum atomic E-state index is 13.3. The van der Waals surface area contributed by atoms with Crippen LogP contribution in [0.3, 0.4) is 0 Å². The minimum Gasteiger partial charge on any atom is -0.373 e. The van der Waals surface area contributed by atoms with Gasteiger partial charge in [0, 0.05) is 32.1 Å². The molecule has 0 aromatic heterocycles. The van der Waals surface area contributed by atoms with E-state index in [2.05, 4.69) is 0 Å². The molecule has 2 aliphatic rings. The topological polar surface area (TPSA) is 32.8 Å². The molecule has 0 radical (unpaired) electrons. The minimum atomic E-state index is -4.92. The predicted octanol–water partition coefficient (Wildman–Crippen LogP) is 6.62. The lowest BCUT2D eigenvalue weighted by atomic mass is 9.85. The van der Waals surface area contributed by atoms with Gasteiger partial charge in [0.15, 0.2) is 0 Å². The van der Waals surface area contributed by atoms with Gasteiger partial charge in [0.1, 0.15) is 0 Å². The Labute approximate surface area is 205 Å². The van der Waals surface area contributed by atoms with Gasteiger partial charge < -0.3 is 14.5 Å². The van der Waals surface area contributed by atoms with Gasteiger partial charge in [-0.3, -0.25) is 0 Å². The molecular formula is C26H28F6N2O2. The van der Waals surface area contributed by atoms with Crippen LogP contribution in [0.25, 0.3) is 0 Å². The van der Waals surface area contributed by atoms with E-state index in [9.17, 15) is 31.1 Å². The summed E-state index contributed by atoms with van der Waals surface area (Å²) in [6.07, 6.45) is -7.96. The molecule has 0 aliphatic carbocycles. The Balaban J connectivity index is 1.56. The first-order valence-corrected chi connectivity index (χ1v) is 11.9. The van der Waals surface area contributed by atoms with E-state index < -0.39 is 36.2 Å². The number of carbonyl (C=O) groups is 1. The number of aryl methyl sites for hydroxylation is 1. The number of hydrogen-bond acceptors (Lipinski definition) is 2. The van der Waals surface area contributed by atoms with E-state index in [1.807, 2.05) is 36.1 Å². The zero-order valence-corrected chi connectivity index (χ0v) is 19.8. The van der Waals surface area contributed by atoms with Crippen molar-refractivity contribution in [1.29, 1.82) is 0 Å². The number of alkyl halides is 6. The SMILES string of the molecule is Cc1ccccc1[C@@H]1CN(C(=O)N2CCCC2)CC[C@@H]1OCc1cc(C(F)(F)F)cc(C(F)(F)F)c1. The van der Waals surface area contributed by atoms with E-state index in [1.54, 1.807) is 4.90 Å². The Bertz CT molecular complexity index is 1050. The highest BCUT2D eigenvalue weighted by molar-refractivity contribution is 5.75. The van der Waals surface area contributed by atoms with Crippen molar-refractivity contribution in [3.05, 3.63) is 70.3 Å². The van der Waals surface area contributed by atoms with Crippen LogP contribution < -0.4 is 0 Å². The zero-order chi connectivity index (χ0) is 26.1. The number of amides is 2. The van der Waals surface area contributed by atoms with Gasteiger partial charge in [-0.05, 0) is 61.1 Å². The summed E-state index contributed by atoms with van der Waals surface area (Å²) in [5.74, 6) is -0.264. The highest BCUT2D eigenvalue weighted by atomic mass is 19.4. The maximum absolute atomic E-state index is 13.3. The molecule has 2 saturated heterocycles. The monoisotopic (exact) mass is 514 g/mol. The zero-order valence-electron chi connectivity index (χ0n) is 19.8. The Morgan fingerprint density at radius 1 is 0.917 bits per heavy atom. The Morgan fingerprint density at radius 2 is 1.53 bits per heavy atom. The molecule has 0 N–H and O–H groups in total. The summed E-state index contributed by atoms with van der Waals surface area (Å²) in [4.78, 5) is 16.6. The Hall–Kier alpha value is -2.75. The van der Waals surface area contributed by atoms with Crippen molar-refractivity contribution in [1.82, 2.24) is 9.80 Å². The predicted molar refractivity (Wildman–Crippen MR) is 121 cm³/mol. The van der Waals surface area contributed by atoms with E-state index in [0.29, 0.717) is 44.7 Å². The van der Waals surface area contributed by atoms with Crippen LogP contribution >= 0.6 is 0 Å². The smallest absolute Gasteiger partial charge is 0.373 e. The van der Waals surface area contributed by atoms with E-state index >= 15 is 0 Å². The number of piperidine rings is 1. The van der Waals surface area contributed by atoms with Crippen molar-refractivity contribution >= 4 is 6.03 Å². The molecule has 2 fully saturated rings. The molecular weight excluding hydrogens is 486 g/mol. The summed E-state index contributed by atoms with van der Waals surface area (Å²) in [6, 6.07) is 9.06. The van der Waals surface area contributed by atoms with Crippen molar-refractivity contribution in [3.63, 3.8) is 0 Å². The highest BCUT2D eigenvalue weighted by Crippen LogP contribution is 2.37. The molecule has 2 amide bonds. The van der Waals surface area contributed by atoms with Gasteiger partial charge in [-0.15, -0.1) is 0 Å². The normalized spacial score (nSPS) is 21.2. The summed E-state index contributed by atoms with van der Waals surface area (Å²) in [5, 5.41) is 0. The number of carbonyl (C=O) groups excluding carboxylic acids is 1. The molecule has 0 unspecified atom stereocenters.